The van der Waals surface area contributed by atoms with E-state index in [1.54, 1.807) is 7.11 Å². The second kappa shape index (κ2) is 6.88. The third-order valence-corrected chi connectivity index (χ3v) is 4.58. The molecule has 7 nitrogen and oxygen atoms in total. The van der Waals surface area contributed by atoms with Gasteiger partial charge in [0.15, 0.2) is 5.69 Å². The minimum Gasteiger partial charge on any atom is -0.497 e. The quantitative estimate of drug-likeness (QED) is 0.854. The second-order valence-corrected chi connectivity index (χ2v) is 6.28. The van der Waals surface area contributed by atoms with Gasteiger partial charge in [-0.3, -0.25) is 4.79 Å². The molecule has 0 radical (unpaired) electrons. The van der Waals surface area contributed by atoms with Crippen molar-refractivity contribution in [1.29, 1.82) is 0 Å². The summed E-state index contributed by atoms with van der Waals surface area (Å²) in [6.45, 7) is 0.507. The number of aromatic nitrogens is 1. The molecule has 0 fully saturated rings. The Morgan fingerprint density at radius 1 is 1.50 bits per heavy atom. The Labute approximate surface area is 142 Å². The first kappa shape index (κ1) is 16.3. The monoisotopic (exact) mass is 348 g/mol. The molecule has 24 heavy (non-hydrogen) atoms. The molecule has 1 aromatic heterocycles. The average molecular weight is 348 g/mol. The number of aromatic carboxylic acids is 1. The predicted octanol–water partition coefficient (Wildman–Crippen LogP) is 1.72. The lowest BCUT2D eigenvalue weighted by molar-refractivity contribution is -0.126. The van der Waals surface area contributed by atoms with Gasteiger partial charge in [-0.05, 0) is 18.1 Å². The van der Waals surface area contributed by atoms with Crippen LogP contribution in [0.5, 0.6) is 11.5 Å². The number of carboxylic acids is 1. The van der Waals surface area contributed by atoms with Gasteiger partial charge in [0.2, 0.25) is 5.91 Å². The third kappa shape index (κ3) is 3.48. The molecular formula is C16H16N2O5S. The van der Waals surface area contributed by atoms with Crippen LogP contribution in [0.4, 0.5) is 0 Å². The summed E-state index contributed by atoms with van der Waals surface area (Å²) < 4.78 is 10.8. The van der Waals surface area contributed by atoms with Crippen molar-refractivity contribution >= 4 is 23.2 Å². The fraction of sp³-hybridized carbons (Fsp3) is 0.312. The lowest BCUT2D eigenvalue weighted by Gasteiger charge is -2.24. The summed E-state index contributed by atoms with van der Waals surface area (Å²) in [6, 6.07) is 5.55. The van der Waals surface area contributed by atoms with Crippen LogP contribution >= 0.6 is 11.3 Å². The Balaban J connectivity index is 1.58. The van der Waals surface area contributed by atoms with Gasteiger partial charge in [-0.25, -0.2) is 9.78 Å². The van der Waals surface area contributed by atoms with Gasteiger partial charge in [0.05, 0.1) is 19.6 Å². The molecule has 0 saturated heterocycles. The van der Waals surface area contributed by atoms with E-state index in [-0.39, 0.29) is 24.1 Å². The largest absolute Gasteiger partial charge is 0.497 e. The molecule has 0 bridgehead atoms. The van der Waals surface area contributed by atoms with Crippen molar-refractivity contribution in [3.63, 3.8) is 0 Å². The van der Waals surface area contributed by atoms with E-state index in [9.17, 15) is 9.59 Å². The number of thiazole rings is 1. The lowest BCUT2D eigenvalue weighted by atomic mass is 9.96. The van der Waals surface area contributed by atoms with E-state index in [0.717, 1.165) is 17.1 Å². The summed E-state index contributed by atoms with van der Waals surface area (Å²) in [6.07, 6.45) is 0.587. The zero-order valence-electron chi connectivity index (χ0n) is 12.9. The zero-order valence-corrected chi connectivity index (χ0v) is 13.8. The Bertz CT molecular complexity index is 774. The van der Waals surface area contributed by atoms with Crippen LogP contribution in [0, 0.1) is 5.92 Å². The molecule has 8 heteroatoms. The standard InChI is InChI=1S/C16H16N2O5S/c1-22-11-3-2-9-4-10(7-23-13(9)5-11)15(19)17-6-14-18-12(8-24-14)16(20)21/h2-3,5,8,10H,4,6-7H2,1H3,(H,17,19)(H,20,21)/t10-/m0/s1. The van der Waals surface area contributed by atoms with Crippen molar-refractivity contribution in [3.05, 3.63) is 39.8 Å². The summed E-state index contributed by atoms with van der Waals surface area (Å²) in [5.74, 6) is -0.0380. The molecule has 3 rings (SSSR count). The van der Waals surface area contributed by atoms with Crippen molar-refractivity contribution in [2.75, 3.05) is 13.7 Å². The molecule has 2 N–H and O–H groups in total. The fourth-order valence-corrected chi connectivity index (χ4v) is 3.15. The molecule has 1 aromatic carbocycles. The maximum Gasteiger partial charge on any atom is 0.355 e. The molecule has 126 valence electrons. The number of methoxy groups -OCH3 is 1. The molecule has 1 aliphatic rings. The Morgan fingerprint density at radius 3 is 3.04 bits per heavy atom. The molecule has 1 aliphatic heterocycles. The number of benzene rings is 1. The average Bonchev–Trinajstić information content (AvgIpc) is 3.08. The van der Waals surface area contributed by atoms with Crippen LogP contribution < -0.4 is 14.8 Å². The number of carboxylic acid groups (broad SMARTS) is 1. The highest BCUT2D eigenvalue weighted by Gasteiger charge is 2.26. The molecule has 1 atom stereocenters. The molecule has 0 aliphatic carbocycles. The van der Waals surface area contributed by atoms with E-state index in [0.29, 0.717) is 18.0 Å². The number of ether oxygens (including phenoxy) is 2. The van der Waals surface area contributed by atoms with Crippen LogP contribution in [0.15, 0.2) is 23.6 Å². The third-order valence-electron chi connectivity index (χ3n) is 3.74. The zero-order chi connectivity index (χ0) is 17.1. The van der Waals surface area contributed by atoms with Gasteiger partial charge >= 0.3 is 5.97 Å². The first-order valence-corrected chi connectivity index (χ1v) is 8.20. The number of carbonyl (C=O) groups excluding carboxylic acids is 1. The maximum absolute atomic E-state index is 12.3. The van der Waals surface area contributed by atoms with Gasteiger partial charge in [0.1, 0.15) is 23.1 Å². The molecular weight excluding hydrogens is 332 g/mol. The van der Waals surface area contributed by atoms with E-state index < -0.39 is 5.97 Å². The van der Waals surface area contributed by atoms with Gasteiger partial charge in [-0.2, -0.15) is 0 Å². The molecule has 1 amide bonds. The van der Waals surface area contributed by atoms with Gasteiger partial charge in [0.25, 0.3) is 0 Å². The smallest absolute Gasteiger partial charge is 0.355 e. The van der Waals surface area contributed by atoms with E-state index in [1.807, 2.05) is 18.2 Å². The van der Waals surface area contributed by atoms with E-state index in [2.05, 4.69) is 10.3 Å². The van der Waals surface area contributed by atoms with Crippen LogP contribution in [-0.4, -0.2) is 35.7 Å². The number of fused-ring (bicyclic) bond motifs is 1. The number of hydrogen-bond acceptors (Lipinski definition) is 6. The van der Waals surface area contributed by atoms with Crippen molar-refractivity contribution in [2.24, 2.45) is 5.92 Å². The Morgan fingerprint density at radius 2 is 2.33 bits per heavy atom. The predicted molar refractivity (Wildman–Crippen MR) is 86.6 cm³/mol. The second-order valence-electron chi connectivity index (χ2n) is 5.34. The topological polar surface area (TPSA) is 97.8 Å². The van der Waals surface area contributed by atoms with Crippen LogP contribution in [0.2, 0.25) is 0 Å². The van der Waals surface area contributed by atoms with Gasteiger partial charge in [-0.15, -0.1) is 11.3 Å². The van der Waals surface area contributed by atoms with Gasteiger partial charge < -0.3 is 19.9 Å². The Hall–Kier alpha value is -2.61. The Kier molecular flexibility index (Phi) is 4.66. The van der Waals surface area contributed by atoms with E-state index >= 15 is 0 Å². The first-order chi connectivity index (χ1) is 11.6. The summed E-state index contributed by atoms with van der Waals surface area (Å²) in [5, 5.41) is 13.6. The van der Waals surface area contributed by atoms with Crippen LogP contribution in [-0.2, 0) is 17.8 Å². The first-order valence-electron chi connectivity index (χ1n) is 7.32. The summed E-state index contributed by atoms with van der Waals surface area (Å²) in [4.78, 5) is 27.0. The van der Waals surface area contributed by atoms with Crippen LogP contribution in [0.1, 0.15) is 21.1 Å². The number of amides is 1. The van der Waals surface area contributed by atoms with E-state index in [4.69, 9.17) is 14.6 Å². The number of rotatable bonds is 5. The van der Waals surface area contributed by atoms with E-state index in [1.165, 1.54) is 16.7 Å². The summed E-state index contributed by atoms with van der Waals surface area (Å²) in [7, 11) is 1.59. The van der Waals surface area contributed by atoms with Crippen molar-refractivity contribution in [2.45, 2.75) is 13.0 Å². The normalized spacial score (nSPS) is 16.0. The lowest BCUT2D eigenvalue weighted by Crippen LogP contribution is -2.37. The highest BCUT2D eigenvalue weighted by Crippen LogP contribution is 2.31. The van der Waals surface area contributed by atoms with Crippen molar-refractivity contribution in [1.82, 2.24) is 10.3 Å². The maximum atomic E-state index is 12.3. The van der Waals surface area contributed by atoms with Crippen molar-refractivity contribution < 1.29 is 24.2 Å². The van der Waals surface area contributed by atoms with Gasteiger partial charge in [0, 0.05) is 11.4 Å². The minimum absolute atomic E-state index is 0.00637. The molecule has 0 unspecified atom stereocenters. The van der Waals surface area contributed by atoms with Crippen LogP contribution in [0.25, 0.3) is 0 Å². The molecule has 2 heterocycles. The number of nitrogens with zero attached hydrogens (tertiary/aromatic N) is 1. The van der Waals surface area contributed by atoms with Crippen LogP contribution in [0.3, 0.4) is 0 Å². The van der Waals surface area contributed by atoms with Gasteiger partial charge in [-0.1, -0.05) is 6.07 Å². The minimum atomic E-state index is -1.07. The summed E-state index contributed by atoms with van der Waals surface area (Å²) >= 11 is 1.21. The van der Waals surface area contributed by atoms with Crippen molar-refractivity contribution in [3.8, 4) is 11.5 Å². The number of hydrogen-bond donors (Lipinski definition) is 2. The highest BCUT2D eigenvalue weighted by atomic mass is 32.1. The number of nitrogens with one attached hydrogen (secondary N) is 1. The molecule has 0 spiro atoms. The fourth-order valence-electron chi connectivity index (χ4n) is 2.45. The summed E-state index contributed by atoms with van der Waals surface area (Å²) in [5.41, 5.74) is 0.956. The SMILES string of the molecule is COc1ccc2c(c1)OC[C@@H](C(=O)NCc1nc(C(=O)O)cs1)C2. The molecule has 2 aromatic rings. The molecule has 0 saturated carbocycles. The number of carbonyl (C=O) groups is 2. The highest BCUT2D eigenvalue weighted by molar-refractivity contribution is 7.09.